The Labute approximate surface area is 102 Å². The highest BCUT2D eigenvalue weighted by atomic mass is 35.5. The summed E-state index contributed by atoms with van der Waals surface area (Å²) >= 11 is 5.86. The maximum absolute atomic E-state index is 5.86. The number of benzene rings is 1. The van der Waals surface area contributed by atoms with Crippen molar-refractivity contribution in [3.63, 3.8) is 0 Å². The van der Waals surface area contributed by atoms with Crippen molar-refractivity contribution in [3.05, 3.63) is 29.3 Å². The molecule has 0 bridgehead atoms. The molecule has 1 aromatic rings. The molecule has 1 aliphatic rings. The molecule has 1 aromatic carbocycles. The minimum absolute atomic E-state index is 0.531. The zero-order valence-electron chi connectivity index (χ0n) is 9.67. The van der Waals surface area contributed by atoms with E-state index in [0.29, 0.717) is 6.04 Å². The van der Waals surface area contributed by atoms with Crippen LogP contribution < -0.4 is 10.6 Å². The molecule has 0 spiro atoms. The summed E-state index contributed by atoms with van der Waals surface area (Å²) in [5, 5.41) is 7.74. The minimum atomic E-state index is 0.531. The van der Waals surface area contributed by atoms with Crippen LogP contribution in [0.1, 0.15) is 19.8 Å². The number of halogens is 1. The molecule has 2 N–H and O–H groups in total. The molecular formula is C13H19ClN2. The average Bonchev–Trinajstić information content (AvgIpc) is 2.33. The number of hydrogen-bond donors (Lipinski definition) is 2. The maximum Gasteiger partial charge on any atom is 0.0407 e. The Bertz CT molecular complexity index is 317. The van der Waals surface area contributed by atoms with E-state index < -0.39 is 0 Å². The number of rotatable bonds is 3. The summed E-state index contributed by atoms with van der Waals surface area (Å²) in [5.74, 6) is 0.775. The van der Waals surface area contributed by atoms with Gasteiger partial charge < -0.3 is 10.6 Å². The number of nitrogens with one attached hydrogen (secondary N) is 2. The lowest BCUT2D eigenvalue weighted by Gasteiger charge is -2.29. The zero-order chi connectivity index (χ0) is 11.4. The van der Waals surface area contributed by atoms with E-state index in [0.717, 1.165) is 29.7 Å². The van der Waals surface area contributed by atoms with E-state index in [9.17, 15) is 0 Å². The Balaban J connectivity index is 1.90. The van der Waals surface area contributed by atoms with E-state index in [4.69, 9.17) is 11.6 Å². The average molecular weight is 239 g/mol. The van der Waals surface area contributed by atoms with Crippen molar-refractivity contribution in [3.8, 4) is 0 Å². The first-order valence-electron chi connectivity index (χ1n) is 5.98. The van der Waals surface area contributed by atoms with Crippen LogP contribution in [0.2, 0.25) is 5.02 Å². The molecule has 1 atom stereocenters. The Morgan fingerprint density at radius 1 is 1.25 bits per heavy atom. The van der Waals surface area contributed by atoms with Crippen molar-refractivity contribution in [2.75, 3.05) is 18.4 Å². The van der Waals surface area contributed by atoms with Gasteiger partial charge in [0.25, 0.3) is 0 Å². The van der Waals surface area contributed by atoms with Gasteiger partial charge in [-0.3, -0.25) is 0 Å². The molecule has 0 amide bonds. The van der Waals surface area contributed by atoms with Crippen LogP contribution in [0.5, 0.6) is 0 Å². The molecule has 88 valence electrons. The first kappa shape index (κ1) is 11.7. The summed E-state index contributed by atoms with van der Waals surface area (Å²) in [7, 11) is 0. The summed E-state index contributed by atoms with van der Waals surface area (Å²) in [6.07, 6.45) is 2.53. The molecule has 16 heavy (non-hydrogen) atoms. The van der Waals surface area contributed by atoms with Crippen molar-refractivity contribution in [1.82, 2.24) is 5.32 Å². The first-order valence-corrected chi connectivity index (χ1v) is 6.36. The standard InChI is InChI=1S/C13H19ClN2/c1-10(11-6-8-15-9-7-11)16-13-4-2-12(14)3-5-13/h2-5,10-11,15-16H,6-9H2,1H3. The van der Waals surface area contributed by atoms with E-state index in [1.54, 1.807) is 0 Å². The fourth-order valence-corrected chi connectivity index (χ4v) is 2.40. The minimum Gasteiger partial charge on any atom is -0.382 e. The first-order chi connectivity index (χ1) is 7.75. The van der Waals surface area contributed by atoms with Gasteiger partial charge in [0.15, 0.2) is 0 Å². The van der Waals surface area contributed by atoms with Gasteiger partial charge in [-0.25, -0.2) is 0 Å². The van der Waals surface area contributed by atoms with Gasteiger partial charge in [0.05, 0.1) is 0 Å². The highest BCUT2D eigenvalue weighted by molar-refractivity contribution is 6.30. The van der Waals surface area contributed by atoms with Crippen LogP contribution in [-0.4, -0.2) is 19.1 Å². The van der Waals surface area contributed by atoms with Gasteiger partial charge in [0, 0.05) is 16.8 Å². The quantitative estimate of drug-likeness (QED) is 0.846. The largest absolute Gasteiger partial charge is 0.382 e. The van der Waals surface area contributed by atoms with Crippen molar-refractivity contribution in [2.24, 2.45) is 5.92 Å². The molecule has 0 aromatic heterocycles. The smallest absolute Gasteiger partial charge is 0.0407 e. The van der Waals surface area contributed by atoms with E-state index in [1.807, 2.05) is 24.3 Å². The van der Waals surface area contributed by atoms with Crippen LogP contribution in [0.15, 0.2) is 24.3 Å². The molecular weight excluding hydrogens is 220 g/mol. The summed E-state index contributed by atoms with van der Waals surface area (Å²) in [6, 6.07) is 8.47. The van der Waals surface area contributed by atoms with Crippen molar-refractivity contribution < 1.29 is 0 Å². The lowest BCUT2D eigenvalue weighted by Crippen LogP contribution is -2.36. The SMILES string of the molecule is CC(Nc1ccc(Cl)cc1)C1CCNCC1. The molecule has 1 aliphatic heterocycles. The second kappa shape index (κ2) is 5.55. The zero-order valence-corrected chi connectivity index (χ0v) is 10.4. The van der Waals surface area contributed by atoms with Crippen molar-refractivity contribution in [2.45, 2.75) is 25.8 Å². The Morgan fingerprint density at radius 3 is 2.50 bits per heavy atom. The molecule has 0 radical (unpaired) electrons. The predicted octanol–water partition coefficient (Wildman–Crippen LogP) is 3.14. The summed E-state index contributed by atoms with van der Waals surface area (Å²) in [5.41, 5.74) is 1.16. The normalized spacial score (nSPS) is 19.4. The Hall–Kier alpha value is -0.730. The Morgan fingerprint density at radius 2 is 1.88 bits per heavy atom. The van der Waals surface area contributed by atoms with Gasteiger partial charge in [-0.15, -0.1) is 0 Å². The lowest BCUT2D eigenvalue weighted by molar-refractivity contribution is 0.343. The van der Waals surface area contributed by atoms with E-state index >= 15 is 0 Å². The van der Waals surface area contributed by atoms with Crippen LogP contribution in [0.3, 0.4) is 0 Å². The van der Waals surface area contributed by atoms with Crippen molar-refractivity contribution in [1.29, 1.82) is 0 Å². The van der Waals surface area contributed by atoms with Crippen LogP contribution in [0.25, 0.3) is 0 Å². The van der Waals surface area contributed by atoms with Gasteiger partial charge in [-0.2, -0.15) is 0 Å². The molecule has 1 unspecified atom stereocenters. The van der Waals surface area contributed by atoms with Crippen LogP contribution in [0.4, 0.5) is 5.69 Å². The highest BCUT2D eigenvalue weighted by Crippen LogP contribution is 2.21. The molecule has 2 nitrogen and oxygen atoms in total. The van der Waals surface area contributed by atoms with Gasteiger partial charge in [0.1, 0.15) is 0 Å². The number of anilines is 1. The fraction of sp³-hybridized carbons (Fsp3) is 0.538. The van der Waals surface area contributed by atoms with E-state index in [1.165, 1.54) is 12.8 Å². The Kier molecular flexibility index (Phi) is 4.08. The summed E-state index contributed by atoms with van der Waals surface area (Å²) in [6.45, 7) is 4.57. The van der Waals surface area contributed by atoms with E-state index in [2.05, 4.69) is 17.6 Å². The monoisotopic (exact) mass is 238 g/mol. The second-order valence-corrected chi connectivity index (χ2v) is 4.96. The summed E-state index contributed by atoms with van der Waals surface area (Å²) < 4.78 is 0. The molecule has 0 aliphatic carbocycles. The maximum atomic E-state index is 5.86. The van der Waals surface area contributed by atoms with E-state index in [-0.39, 0.29) is 0 Å². The van der Waals surface area contributed by atoms with Crippen molar-refractivity contribution >= 4 is 17.3 Å². The topological polar surface area (TPSA) is 24.1 Å². The van der Waals surface area contributed by atoms with Crippen LogP contribution >= 0.6 is 11.6 Å². The fourth-order valence-electron chi connectivity index (χ4n) is 2.27. The molecule has 1 heterocycles. The molecule has 1 saturated heterocycles. The molecule has 0 saturated carbocycles. The van der Waals surface area contributed by atoms with Gasteiger partial charge >= 0.3 is 0 Å². The molecule has 3 heteroatoms. The van der Waals surface area contributed by atoms with Crippen LogP contribution in [-0.2, 0) is 0 Å². The third kappa shape index (κ3) is 3.13. The lowest BCUT2D eigenvalue weighted by atomic mass is 9.91. The molecule has 2 rings (SSSR count). The third-order valence-corrected chi connectivity index (χ3v) is 3.58. The highest BCUT2D eigenvalue weighted by Gasteiger charge is 2.19. The molecule has 1 fully saturated rings. The predicted molar refractivity (Wildman–Crippen MR) is 70.1 cm³/mol. The second-order valence-electron chi connectivity index (χ2n) is 4.53. The number of piperidine rings is 1. The van der Waals surface area contributed by atoms with Gasteiger partial charge in [-0.05, 0) is 63.0 Å². The number of hydrogen-bond acceptors (Lipinski definition) is 2. The third-order valence-electron chi connectivity index (χ3n) is 3.33. The summed E-state index contributed by atoms with van der Waals surface area (Å²) in [4.78, 5) is 0. The van der Waals surface area contributed by atoms with Crippen LogP contribution in [0, 0.1) is 5.92 Å². The van der Waals surface area contributed by atoms with Gasteiger partial charge in [-0.1, -0.05) is 11.6 Å². The van der Waals surface area contributed by atoms with Gasteiger partial charge in [0.2, 0.25) is 0 Å².